The lowest BCUT2D eigenvalue weighted by Gasteiger charge is -2.21. The molecule has 0 saturated heterocycles. The fourth-order valence-electron chi connectivity index (χ4n) is 5.09. The van der Waals surface area contributed by atoms with Gasteiger partial charge in [-0.25, -0.2) is 4.79 Å². The van der Waals surface area contributed by atoms with Crippen LogP contribution in [0.2, 0.25) is 0 Å². The number of halogens is 1. The standard InChI is InChI=1S/C32H29BrO3S/c1-18-15-23(16-19(2)30(18)36-26(32(34)35-5)17-22-11-7-6-8-12-22)28-24-13-9-10-14-25(24)29(33)31-27(28)20(3)21(4)37-31/h6-16,26H,17H2,1-5H3. The largest absolute Gasteiger partial charge is 0.478 e. The summed E-state index contributed by atoms with van der Waals surface area (Å²) in [6, 6.07) is 22.8. The van der Waals surface area contributed by atoms with Crippen LogP contribution >= 0.6 is 27.3 Å². The Morgan fingerprint density at radius 2 is 1.54 bits per heavy atom. The molecule has 0 N–H and O–H groups in total. The maximum atomic E-state index is 12.6. The third kappa shape index (κ3) is 4.67. The number of esters is 1. The Hall–Kier alpha value is -3.15. The van der Waals surface area contributed by atoms with Gasteiger partial charge in [0.25, 0.3) is 0 Å². The maximum Gasteiger partial charge on any atom is 0.347 e. The molecule has 0 bridgehead atoms. The zero-order valence-corrected chi connectivity index (χ0v) is 24.0. The van der Waals surface area contributed by atoms with E-state index in [9.17, 15) is 4.79 Å². The van der Waals surface area contributed by atoms with Gasteiger partial charge in [0.15, 0.2) is 6.10 Å². The third-order valence-electron chi connectivity index (χ3n) is 7.00. The number of fused-ring (bicyclic) bond motifs is 2. The summed E-state index contributed by atoms with van der Waals surface area (Å²) in [5, 5.41) is 3.71. The molecule has 37 heavy (non-hydrogen) atoms. The van der Waals surface area contributed by atoms with E-state index in [0.29, 0.717) is 6.42 Å². The molecular formula is C32H29BrO3S. The topological polar surface area (TPSA) is 35.5 Å². The summed E-state index contributed by atoms with van der Waals surface area (Å²) in [5.74, 6) is 0.350. The van der Waals surface area contributed by atoms with E-state index in [-0.39, 0.29) is 5.97 Å². The Balaban J connectivity index is 1.64. The van der Waals surface area contributed by atoms with Crippen molar-refractivity contribution in [3.05, 3.63) is 98.3 Å². The molecule has 4 aromatic carbocycles. The summed E-state index contributed by atoms with van der Waals surface area (Å²) in [7, 11) is 1.40. The van der Waals surface area contributed by atoms with Crippen molar-refractivity contribution in [2.45, 2.75) is 40.2 Å². The zero-order chi connectivity index (χ0) is 26.3. The molecule has 3 nitrogen and oxygen atoms in total. The van der Waals surface area contributed by atoms with Crippen LogP contribution in [0.25, 0.3) is 32.0 Å². The van der Waals surface area contributed by atoms with Gasteiger partial charge in [-0.1, -0.05) is 54.6 Å². The summed E-state index contributed by atoms with van der Waals surface area (Å²) in [6.45, 7) is 8.49. The molecule has 1 aromatic heterocycles. The van der Waals surface area contributed by atoms with Gasteiger partial charge >= 0.3 is 5.97 Å². The molecule has 0 spiro atoms. The zero-order valence-electron chi connectivity index (χ0n) is 21.6. The van der Waals surface area contributed by atoms with Crippen LogP contribution in [0, 0.1) is 27.7 Å². The van der Waals surface area contributed by atoms with E-state index in [1.807, 2.05) is 55.5 Å². The monoisotopic (exact) mass is 572 g/mol. The Morgan fingerprint density at radius 3 is 2.19 bits per heavy atom. The number of hydrogen-bond donors (Lipinski definition) is 0. The van der Waals surface area contributed by atoms with Crippen molar-refractivity contribution in [3.8, 4) is 16.9 Å². The van der Waals surface area contributed by atoms with Crippen LogP contribution in [-0.2, 0) is 16.0 Å². The Bertz CT molecular complexity index is 1610. The molecule has 0 aliphatic heterocycles. The SMILES string of the molecule is COC(=O)C(Cc1ccccc1)Oc1c(C)cc(-c2c3ccccc3c(Br)c3sc(C)c(C)c23)cc1C. The number of ether oxygens (including phenoxy) is 2. The fraction of sp³-hybridized carbons (Fsp3) is 0.219. The van der Waals surface area contributed by atoms with Crippen molar-refractivity contribution in [2.75, 3.05) is 7.11 Å². The molecule has 188 valence electrons. The summed E-state index contributed by atoms with van der Waals surface area (Å²) in [5.41, 5.74) is 6.70. The lowest BCUT2D eigenvalue weighted by atomic mass is 9.91. The predicted octanol–water partition coefficient (Wildman–Crippen LogP) is 8.88. The molecule has 0 aliphatic rings. The lowest BCUT2D eigenvalue weighted by Crippen LogP contribution is -2.31. The van der Waals surface area contributed by atoms with Crippen LogP contribution < -0.4 is 4.74 Å². The molecule has 5 heteroatoms. The maximum absolute atomic E-state index is 12.6. The number of methoxy groups -OCH3 is 1. The highest BCUT2D eigenvalue weighted by molar-refractivity contribution is 9.11. The average molecular weight is 574 g/mol. The van der Waals surface area contributed by atoms with E-state index in [1.165, 1.54) is 44.0 Å². The van der Waals surface area contributed by atoms with Crippen LogP contribution in [0.4, 0.5) is 0 Å². The summed E-state index contributed by atoms with van der Waals surface area (Å²) in [4.78, 5) is 14.0. The molecule has 1 heterocycles. The number of hydrogen-bond acceptors (Lipinski definition) is 4. The number of aryl methyl sites for hydroxylation is 4. The molecule has 0 amide bonds. The van der Waals surface area contributed by atoms with Gasteiger partial charge in [0.2, 0.25) is 0 Å². The van der Waals surface area contributed by atoms with Crippen molar-refractivity contribution < 1.29 is 14.3 Å². The highest BCUT2D eigenvalue weighted by Crippen LogP contribution is 2.47. The van der Waals surface area contributed by atoms with Gasteiger partial charge in [-0.05, 0) is 99.9 Å². The summed E-state index contributed by atoms with van der Waals surface area (Å²) < 4.78 is 13.9. The van der Waals surface area contributed by atoms with Gasteiger partial charge in [-0.2, -0.15) is 0 Å². The van der Waals surface area contributed by atoms with Crippen LogP contribution in [-0.4, -0.2) is 19.2 Å². The van der Waals surface area contributed by atoms with Crippen molar-refractivity contribution in [1.82, 2.24) is 0 Å². The van der Waals surface area contributed by atoms with Crippen molar-refractivity contribution in [1.29, 1.82) is 0 Å². The first-order chi connectivity index (χ1) is 17.8. The molecule has 5 rings (SSSR count). The van der Waals surface area contributed by atoms with Crippen molar-refractivity contribution >= 4 is 54.1 Å². The molecule has 5 aromatic rings. The first-order valence-electron chi connectivity index (χ1n) is 12.3. The van der Waals surface area contributed by atoms with Gasteiger partial charge in [0.1, 0.15) is 5.75 Å². The van der Waals surface area contributed by atoms with E-state index in [2.05, 4.69) is 66.2 Å². The van der Waals surface area contributed by atoms with E-state index in [0.717, 1.165) is 32.5 Å². The number of thiophene rings is 1. The Kier molecular flexibility index (Phi) is 7.11. The Morgan fingerprint density at radius 1 is 0.919 bits per heavy atom. The number of carbonyl (C=O) groups is 1. The molecule has 0 aliphatic carbocycles. The predicted molar refractivity (Wildman–Crippen MR) is 158 cm³/mol. The average Bonchev–Trinajstić information content (AvgIpc) is 3.20. The number of carbonyl (C=O) groups excluding carboxylic acids is 1. The van der Waals surface area contributed by atoms with E-state index < -0.39 is 6.10 Å². The lowest BCUT2D eigenvalue weighted by molar-refractivity contribution is -0.148. The summed E-state index contributed by atoms with van der Waals surface area (Å²) in [6.07, 6.45) is -0.280. The highest BCUT2D eigenvalue weighted by Gasteiger charge is 2.25. The second-order valence-electron chi connectivity index (χ2n) is 9.48. The Labute approximate surface area is 230 Å². The van der Waals surface area contributed by atoms with Gasteiger partial charge in [0.05, 0.1) is 11.8 Å². The molecule has 1 atom stereocenters. The van der Waals surface area contributed by atoms with Gasteiger partial charge in [-0.3, -0.25) is 0 Å². The minimum Gasteiger partial charge on any atom is -0.478 e. The number of rotatable bonds is 6. The smallest absolute Gasteiger partial charge is 0.347 e. The van der Waals surface area contributed by atoms with Crippen LogP contribution in [0.5, 0.6) is 5.75 Å². The number of benzene rings is 4. The third-order valence-corrected chi connectivity index (χ3v) is 9.32. The summed E-state index contributed by atoms with van der Waals surface area (Å²) >= 11 is 5.73. The van der Waals surface area contributed by atoms with Gasteiger partial charge in [-0.15, -0.1) is 11.3 Å². The normalized spacial score (nSPS) is 12.2. The van der Waals surface area contributed by atoms with Gasteiger partial charge in [0, 0.05) is 21.2 Å². The molecule has 0 radical (unpaired) electrons. The highest BCUT2D eigenvalue weighted by atomic mass is 79.9. The second-order valence-corrected chi connectivity index (χ2v) is 11.5. The van der Waals surface area contributed by atoms with Crippen LogP contribution in [0.3, 0.4) is 0 Å². The van der Waals surface area contributed by atoms with Crippen LogP contribution in [0.15, 0.2) is 71.2 Å². The van der Waals surface area contributed by atoms with Crippen LogP contribution in [0.1, 0.15) is 27.1 Å². The molecule has 1 unspecified atom stereocenters. The fourth-order valence-corrected chi connectivity index (χ4v) is 6.99. The molecule has 0 saturated carbocycles. The minimum absolute atomic E-state index is 0.378. The van der Waals surface area contributed by atoms with Crippen molar-refractivity contribution in [3.63, 3.8) is 0 Å². The van der Waals surface area contributed by atoms with E-state index >= 15 is 0 Å². The first-order valence-corrected chi connectivity index (χ1v) is 13.9. The van der Waals surface area contributed by atoms with E-state index in [1.54, 1.807) is 0 Å². The second kappa shape index (κ2) is 10.3. The quantitative estimate of drug-likeness (QED) is 0.190. The van der Waals surface area contributed by atoms with E-state index in [4.69, 9.17) is 9.47 Å². The first kappa shape index (κ1) is 25.5. The minimum atomic E-state index is -0.724. The molecule has 0 fully saturated rings. The van der Waals surface area contributed by atoms with Crippen molar-refractivity contribution in [2.24, 2.45) is 0 Å². The van der Waals surface area contributed by atoms with Gasteiger partial charge < -0.3 is 9.47 Å². The molecular weight excluding hydrogens is 544 g/mol.